The topological polar surface area (TPSA) is 28.2 Å². The van der Waals surface area contributed by atoms with E-state index in [1.807, 2.05) is 25.5 Å². The van der Waals surface area contributed by atoms with Crippen LogP contribution < -0.4 is 5.32 Å². The number of hydrogen-bond acceptors (Lipinski definition) is 3. The average Bonchev–Trinajstić information content (AvgIpc) is 2.28. The summed E-state index contributed by atoms with van der Waals surface area (Å²) in [5, 5.41) is 3.19. The van der Waals surface area contributed by atoms with Gasteiger partial charge >= 0.3 is 0 Å². The SMILES string of the molecule is CCCN(CCNC)Cc1cccnc1. The van der Waals surface area contributed by atoms with Crippen molar-refractivity contribution >= 4 is 0 Å². The summed E-state index contributed by atoms with van der Waals surface area (Å²) < 4.78 is 0. The third-order valence-electron chi connectivity index (χ3n) is 2.35. The van der Waals surface area contributed by atoms with E-state index >= 15 is 0 Å². The second-order valence-electron chi connectivity index (χ2n) is 3.74. The number of pyridine rings is 1. The minimum Gasteiger partial charge on any atom is -0.318 e. The number of hydrogen-bond donors (Lipinski definition) is 1. The summed E-state index contributed by atoms with van der Waals surface area (Å²) in [5.74, 6) is 0. The number of aromatic nitrogens is 1. The molecule has 0 aliphatic heterocycles. The highest BCUT2D eigenvalue weighted by atomic mass is 15.1. The number of rotatable bonds is 7. The maximum atomic E-state index is 4.14. The summed E-state index contributed by atoms with van der Waals surface area (Å²) >= 11 is 0. The standard InChI is InChI=1S/C12H21N3/c1-3-8-15(9-7-13-2)11-12-5-4-6-14-10-12/h4-6,10,13H,3,7-9,11H2,1-2H3. The molecule has 0 spiro atoms. The van der Waals surface area contributed by atoms with Crippen LogP contribution in [0.4, 0.5) is 0 Å². The van der Waals surface area contributed by atoms with Gasteiger partial charge in [-0.25, -0.2) is 0 Å². The van der Waals surface area contributed by atoms with Crippen LogP contribution in [-0.4, -0.2) is 36.6 Å². The van der Waals surface area contributed by atoms with E-state index < -0.39 is 0 Å². The fraction of sp³-hybridized carbons (Fsp3) is 0.583. The summed E-state index contributed by atoms with van der Waals surface area (Å²) in [7, 11) is 1.99. The molecule has 0 amide bonds. The zero-order valence-corrected chi connectivity index (χ0v) is 9.74. The molecule has 0 bridgehead atoms. The van der Waals surface area contributed by atoms with E-state index in [0.29, 0.717) is 0 Å². The van der Waals surface area contributed by atoms with Gasteiger partial charge < -0.3 is 5.32 Å². The van der Waals surface area contributed by atoms with Gasteiger partial charge in [0.2, 0.25) is 0 Å². The predicted molar refractivity (Wildman–Crippen MR) is 63.7 cm³/mol. The highest BCUT2D eigenvalue weighted by Crippen LogP contribution is 2.02. The van der Waals surface area contributed by atoms with E-state index in [1.54, 1.807) is 0 Å². The quantitative estimate of drug-likeness (QED) is 0.734. The third kappa shape index (κ3) is 4.91. The Morgan fingerprint density at radius 1 is 1.40 bits per heavy atom. The van der Waals surface area contributed by atoms with Crippen molar-refractivity contribution in [1.82, 2.24) is 15.2 Å². The molecule has 15 heavy (non-hydrogen) atoms. The minimum absolute atomic E-state index is 1.00. The van der Waals surface area contributed by atoms with Crippen LogP contribution >= 0.6 is 0 Å². The maximum Gasteiger partial charge on any atom is 0.0312 e. The largest absolute Gasteiger partial charge is 0.318 e. The van der Waals surface area contributed by atoms with Crippen LogP contribution in [0, 0.1) is 0 Å². The fourth-order valence-electron chi connectivity index (χ4n) is 1.61. The molecular weight excluding hydrogens is 186 g/mol. The molecule has 84 valence electrons. The lowest BCUT2D eigenvalue weighted by Crippen LogP contribution is -2.31. The van der Waals surface area contributed by atoms with Crippen molar-refractivity contribution in [2.24, 2.45) is 0 Å². The van der Waals surface area contributed by atoms with Crippen molar-refractivity contribution in [3.05, 3.63) is 30.1 Å². The molecule has 3 heteroatoms. The van der Waals surface area contributed by atoms with E-state index in [9.17, 15) is 0 Å². The van der Waals surface area contributed by atoms with E-state index in [2.05, 4.69) is 28.2 Å². The van der Waals surface area contributed by atoms with Crippen LogP contribution in [0.3, 0.4) is 0 Å². The second kappa shape index (κ2) is 7.37. The Hall–Kier alpha value is -0.930. The second-order valence-corrected chi connectivity index (χ2v) is 3.74. The zero-order chi connectivity index (χ0) is 10.9. The van der Waals surface area contributed by atoms with Crippen molar-refractivity contribution in [2.45, 2.75) is 19.9 Å². The van der Waals surface area contributed by atoms with Crippen LogP contribution in [0.1, 0.15) is 18.9 Å². The van der Waals surface area contributed by atoms with Crippen LogP contribution in [0.25, 0.3) is 0 Å². The average molecular weight is 207 g/mol. The van der Waals surface area contributed by atoms with Gasteiger partial charge in [-0.15, -0.1) is 0 Å². The van der Waals surface area contributed by atoms with Gasteiger partial charge in [-0.1, -0.05) is 13.0 Å². The molecule has 1 aromatic heterocycles. The van der Waals surface area contributed by atoms with E-state index in [0.717, 1.165) is 26.2 Å². The van der Waals surface area contributed by atoms with Gasteiger partial charge in [-0.3, -0.25) is 9.88 Å². The molecule has 0 aliphatic carbocycles. The van der Waals surface area contributed by atoms with Crippen molar-refractivity contribution < 1.29 is 0 Å². The van der Waals surface area contributed by atoms with Crippen LogP contribution in [0.2, 0.25) is 0 Å². The van der Waals surface area contributed by atoms with E-state index in [-0.39, 0.29) is 0 Å². The molecule has 0 radical (unpaired) electrons. The van der Waals surface area contributed by atoms with Gasteiger partial charge in [0.15, 0.2) is 0 Å². The van der Waals surface area contributed by atoms with Crippen molar-refractivity contribution in [3.8, 4) is 0 Å². The molecule has 0 aliphatic rings. The van der Waals surface area contributed by atoms with Crippen LogP contribution in [-0.2, 0) is 6.54 Å². The lowest BCUT2D eigenvalue weighted by atomic mass is 10.2. The smallest absolute Gasteiger partial charge is 0.0312 e. The first-order chi connectivity index (χ1) is 7.36. The Labute approximate surface area is 92.5 Å². The molecule has 0 saturated carbocycles. The fourth-order valence-corrected chi connectivity index (χ4v) is 1.61. The molecule has 1 rings (SSSR count). The highest BCUT2D eigenvalue weighted by molar-refractivity contribution is 5.08. The predicted octanol–water partition coefficient (Wildman–Crippen LogP) is 1.51. The Bertz CT molecular complexity index is 248. The molecule has 1 N–H and O–H groups in total. The normalized spacial score (nSPS) is 10.9. The maximum absolute atomic E-state index is 4.14. The third-order valence-corrected chi connectivity index (χ3v) is 2.35. The first-order valence-electron chi connectivity index (χ1n) is 5.62. The zero-order valence-electron chi connectivity index (χ0n) is 9.74. The molecule has 0 fully saturated rings. The highest BCUT2D eigenvalue weighted by Gasteiger charge is 2.03. The molecular formula is C12H21N3. The van der Waals surface area contributed by atoms with Gasteiger partial charge in [0.05, 0.1) is 0 Å². The van der Waals surface area contributed by atoms with Gasteiger partial charge in [0.1, 0.15) is 0 Å². The van der Waals surface area contributed by atoms with Crippen LogP contribution in [0.5, 0.6) is 0 Å². The molecule has 1 aromatic rings. The van der Waals surface area contributed by atoms with Crippen molar-refractivity contribution in [2.75, 3.05) is 26.7 Å². The van der Waals surface area contributed by atoms with Gasteiger partial charge in [-0.05, 0) is 31.6 Å². The number of likely N-dealkylation sites (N-methyl/N-ethyl adjacent to an activating group) is 1. The first kappa shape index (κ1) is 12.1. The first-order valence-corrected chi connectivity index (χ1v) is 5.62. The molecule has 3 nitrogen and oxygen atoms in total. The number of nitrogens with one attached hydrogen (secondary N) is 1. The van der Waals surface area contributed by atoms with Crippen molar-refractivity contribution in [1.29, 1.82) is 0 Å². The van der Waals surface area contributed by atoms with Gasteiger partial charge in [0, 0.05) is 32.0 Å². The lowest BCUT2D eigenvalue weighted by Gasteiger charge is -2.21. The molecule has 0 unspecified atom stereocenters. The molecule has 0 atom stereocenters. The summed E-state index contributed by atoms with van der Waals surface area (Å²) in [4.78, 5) is 6.59. The Morgan fingerprint density at radius 2 is 2.27 bits per heavy atom. The Morgan fingerprint density at radius 3 is 2.87 bits per heavy atom. The summed E-state index contributed by atoms with van der Waals surface area (Å²) in [6.45, 7) is 6.51. The van der Waals surface area contributed by atoms with E-state index in [4.69, 9.17) is 0 Å². The molecule has 1 heterocycles. The summed E-state index contributed by atoms with van der Waals surface area (Å²) in [6.07, 6.45) is 4.97. The summed E-state index contributed by atoms with van der Waals surface area (Å²) in [5.41, 5.74) is 1.29. The van der Waals surface area contributed by atoms with Gasteiger partial charge in [0.25, 0.3) is 0 Å². The molecule has 0 aromatic carbocycles. The Kier molecular flexibility index (Phi) is 5.97. The monoisotopic (exact) mass is 207 g/mol. The van der Waals surface area contributed by atoms with Crippen molar-refractivity contribution in [3.63, 3.8) is 0 Å². The van der Waals surface area contributed by atoms with Gasteiger partial charge in [-0.2, -0.15) is 0 Å². The molecule has 0 saturated heterocycles. The Balaban J connectivity index is 2.43. The van der Waals surface area contributed by atoms with E-state index in [1.165, 1.54) is 12.0 Å². The van der Waals surface area contributed by atoms with Crippen LogP contribution in [0.15, 0.2) is 24.5 Å². The lowest BCUT2D eigenvalue weighted by molar-refractivity contribution is 0.267. The summed E-state index contributed by atoms with van der Waals surface area (Å²) in [6, 6.07) is 4.13. The minimum atomic E-state index is 1.00. The number of nitrogens with zero attached hydrogens (tertiary/aromatic N) is 2.